The zero-order valence-electron chi connectivity index (χ0n) is 24.9. The summed E-state index contributed by atoms with van der Waals surface area (Å²) in [7, 11) is -2.87. The minimum Gasteiger partial charge on any atom is -0.379 e. The van der Waals surface area contributed by atoms with Crippen LogP contribution in [0.5, 0.6) is 0 Å². The summed E-state index contributed by atoms with van der Waals surface area (Å²) in [4.78, 5) is 11.3. The molecule has 9 heteroatoms. The van der Waals surface area contributed by atoms with E-state index < -0.39 is 8.80 Å². The van der Waals surface area contributed by atoms with Crippen molar-refractivity contribution < 1.29 is 27.6 Å². The first kappa shape index (κ1) is 36.0. The van der Waals surface area contributed by atoms with E-state index in [0.29, 0.717) is 45.0 Å². The lowest BCUT2D eigenvalue weighted by atomic mass is 9.97. The van der Waals surface area contributed by atoms with Gasteiger partial charge in [0.1, 0.15) is 0 Å². The molecule has 38 heavy (non-hydrogen) atoms. The maximum atomic E-state index is 11.3. The number of carbonyl (C=O) groups is 1. The molecule has 226 valence electrons. The number of thioether (sulfide) groups is 1. The lowest BCUT2D eigenvalue weighted by molar-refractivity contribution is -0.109. The lowest BCUT2D eigenvalue weighted by Gasteiger charge is -2.33. The molecule has 1 N–H and O–H groups in total. The van der Waals surface area contributed by atoms with E-state index in [4.69, 9.17) is 22.9 Å². The second-order valence-electron chi connectivity index (χ2n) is 10.5. The number of rotatable bonds is 25. The normalized spacial score (nSPS) is 20.3. The Kier molecular flexibility index (Phi) is 24.6. The SMILES string of the molecule is CCCCCCCCCCCCC1CCO[Si](CCCSC(C)=O)(OCCOCCOCCCC)ONC1. The van der Waals surface area contributed by atoms with Crippen molar-refractivity contribution in [1.82, 2.24) is 5.48 Å². The van der Waals surface area contributed by atoms with Crippen molar-refractivity contribution in [1.29, 1.82) is 0 Å². The molecule has 7 nitrogen and oxygen atoms in total. The monoisotopic (exact) mass is 577 g/mol. The summed E-state index contributed by atoms with van der Waals surface area (Å²) >= 11 is 1.35. The second-order valence-corrected chi connectivity index (χ2v) is 14.4. The van der Waals surface area contributed by atoms with E-state index in [1.807, 2.05) is 0 Å². The summed E-state index contributed by atoms with van der Waals surface area (Å²) in [6.07, 6.45) is 19.0. The van der Waals surface area contributed by atoms with Gasteiger partial charge in [0.2, 0.25) is 0 Å². The highest BCUT2D eigenvalue weighted by atomic mass is 32.2. The van der Waals surface area contributed by atoms with E-state index in [1.54, 1.807) is 6.92 Å². The molecule has 1 rings (SSSR count). The summed E-state index contributed by atoms with van der Waals surface area (Å²) in [6.45, 7) is 10.4. The summed E-state index contributed by atoms with van der Waals surface area (Å²) < 4.78 is 29.9. The molecule has 1 heterocycles. The third-order valence-electron chi connectivity index (χ3n) is 6.91. The predicted octanol–water partition coefficient (Wildman–Crippen LogP) is 7.31. The first-order valence-electron chi connectivity index (χ1n) is 15.6. The Morgan fingerprint density at radius 3 is 2.16 bits per heavy atom. The molecule has 1 saturated heterocycles. The number of hydrogen-bond donors (Lipinski definition) is 1. The molecule has 0 aromatic heterocycles. The standard InChI is InChI=1S/C29H59NO6SSi/c1-4-6-8-9-10-11-12-13-14-15-17-29-18-20-34-38(36-30-27-29,26-16-25-37-28(3)31)35-24-23-33-22-21-32-19-7-5-2/h29-30H,4-27H2,1-3H3. The van der Waals surface area contributed by atoms with Crippen molar-refractivity contribution >= 4 is 25.7 Å². The van der Waals surface area contributed by atoms with Crippen LogP contribution in [0.25, 0.3) is 0 Å². The maximum absolute atomic E-state index is 11.3. The molecular weight excluding hydrogens is 518 g/mol. The smallest absolute Gasteiger partial charge is 0.379 e. The van der Waals surface area contributed by atoms with Gasteiger partial charge in [-0.05, 0) is 31.6 Å². The van der Waals surface area contributed by atoms with Crippen LogP contribution in [0, 0.1) is 5.92 Å². The Balaban J connectivity index is 2.28. The molecule has 1 aliphatic heterocycles. The van der Waals surface area contributed by atoms with Crippen LogP contribution in [-0.2, 0) is 27.6 Å². The van der Waals surface area contributed by atoms with Crippen LogP contribution in [-0.4, -0.2) is 65.9 Å². The van der Waals surface area contributed by atoms with Crippen LogP contribution >= 0.6 is 11.8 Å². The highest BCUT2D eigenvalue weighted by Gasteiger charge is 2.42. The van der Waals surface area contributed by atoms with Gasteiger partial charge in [-0.25, -0.2) is 5.48 Å². The first-order valence-corrected chi connectivity index (χ1v) is 18.5. The van der Waals surface area contributed by atoms with Crippen LogP contribution in [0.2, 0.25) is 6.04 Å². The van der Waals surface area contributed by atoms with Crippen molar-refractivity contribution in [3.05, 3.63) is 0 Å². The molecule has 0 radical (unpaired) electrons. The molecule has 1 fully saturated rings. The van der Waals surface area contributed by atoms with E-state index in [-0.39, 0.29) is 5.12 Å². The van der Waals surface area contributed by atoms with Crippen LogP contribution in [0.1, 0.15) is 117 Å². The maximum Gasteiger partial charge on any atom is 0.518 e. The molecule has 1 aliphatic rings. The summed E-state index contributed by atoms with van der Waals surface area (Å²) in [5.41, 5.74) is 3.22. The summed E-state index contributed by atoms with van der Waals surface area (Å²) in [5, 5.41) is 0.142. The molecular formula is C29H59NO6SSi. The molecule has 0 aliphatic carbocycles. The molecule has 0 spiro atoms. The average Bonchev–Trinajstić information content (AvgIpc) is 2.89. The Bertz CT molecular complexity index is 535. The van der Waals surface area contributed by atoms with Crippen LogP contribution in [0.15, 0.2) is 0 Å². The predicted molar refractivity (Wildman–Crippen MR) is 160 cm³/mol. The Morgan fingerprint density at radius 1 is 0.842 bits per heavy atom. The zero-order chi connectivity index (χ0) is 27.6. The Labute approximate surface area is 239 Å². The van der Waals surface area contributed by atoms with Gasteiger partial charge in [0, 0.05) is 38.5 Å². The fourth-order valence-corrected chi connectivity index (χ4v) is 7.71. The number of ether oxygens (including phenoxy) is 2. The number of carbonyl (C=O) groups excluding carboxylic acids is 1. The summed E-state index contributed by atoms with van der Waals surface area (Å²) in [5.74, 6) is 1.33. The molecule has 0 amide bonds. The van der Waals surface area contributed by atoms with E-state index in [1.165, 1.54) is 82.4 Å². The quantitative estimate of drug-likeness (QED) is 0.0894. The third-order valence-corrected chi connectivity index (χ3v) is 10.5. The van der Waals surface area contributed by atoms with Crippen LogP contribution < -0.4 is 5.48 Å². The highest BCUT2D eigenvalue weighted by Crippen LogP contribution is 2.24. The van der Waals surface area contributed by atoms with Crippen molar-refractivity contribution in [2.45, 2.75) is 123 Å². The highest BCUT2D eigenvalue weighted by molar-refractivity contribution is 8.13. The van der Waals surface area contributed by atoms with E-state index in [2.05, 4.69) is 19.3 Å². The largest absolute Gasteiger partial charge is 0.518 e. The van der Waals surface area contributed by atoms with E-state index in [0.717, 1.165) is 44.6 Å². The Morgan fingerprint density at radius 2 is 1.47 bits per heavy atom. The van der Waals surface area contributed by atoms with Crippen molar-refractivity contribution in [3.8, 4) is 0 Å². The van der Waals surface area contributed by atoms with E-state index >= 15 is 0 Å². The van der Waals surface area contributed by atoms with Gasteiger partial charge in [0.05, 0.1) is 26.4 Å². The topological polar surface area (TPSA) is 75.3 Å². The molecule has 2 unspecified atom stereocenters. The van der Waals surface area contributed by atoms with Gasteiger partial charge in [-0.2, -0.15) is 0 Å². The molecule has 0 bridgehead atoms. The minimum absolute atomic E-state index is 0.142. The fraction of sp³-hybridized carbons (Fsp3) is 0.966. The molecule has 0 aromatic carbocycles. The van der Waals surface area contributed by atoms with Gasteiger partial charge >= 0.3 is 8.80 Å². The number of hydrogen-bond acceptors (Lipinski definition) is 8. The van der Waals surface area contributed by atoms with Crippen molar-refractivity contribution in [2.75, 3.05) is 51.9 Å². The van der Waals surface area contributed by atoms with Crippen molar-refractivity contribution in [3.63, 3.8) is 0 Å². The van der Waals surface area contributed by atoms with Crippen molar-refractivity contribution in [2.24, 2.45) is 5.92 Å². The number of unbranched alkanes of at least 4 members (excludes halogenated alkanes) is 10. The molecule has 0 saturated carbocycles. The van der Waals surface area contributed by atoms with E-state index in [9.17, 15) is 4.79 Å². The molecule has 0 aromatic rings. The zero-order valence-corrected chi connectivity index (χ0v) is 26.7. The summed E-state index contributed by atoms with van der Waals surface area (Å²) in [6, 6.07) is 0.698. The van der Waals surface area contributed by atoms with Crippen LogP contribution in [0.3, 0.4) is 0 Å². The van der Waals surface area contributed by atoms with Gasteiger partial charge < -0.3 is 18.3 Å². The van der Waals surface area contributed by atoms with Gasteiger partial charge in [0.15, 0.2) is 5.12 Å². The Hall–Kier alpha value is -0.00312. The minimum atomic E-state index is -2.87. The van der Waals surface area contributed by atoms with Gasteiger partial charge in [0.25, 0.3) is 0 Å². The lowest BCUT2D eigenvalue weighted by Crippen LogP contribution is -2.52. The van der Waals surface area contributed by atoms with Gasteiger partial charge in [-0.3, -0.25) is 9.32 Å². The molecule has 2 atom stereocenters. The average molecular weight is 578 g/mol. The second kappa shape index (κ2) is 25.9. The number of nitrogens with one attached hydrogen (secondary N) is 1. The van der Waals surface area contributed by atoms with Gasteiger partial charge in [-0.15, -0.1) is 0 Å². The number of hydroxylamine groups is 1. The van der Waals surface area contributed by atoms with Gasteiger partial charge in [-0.1, -0.05) is 96.2 Å². The first-order chi connectivity index (χ1) is 18.6. The fourth-order valence-electron chi connectivity index (χ4n) is 4.54. The van der Waals surface area contributed by atoms with Crippen LogP contribution in [0.4, 0.5) is 0 Å². The third kappa shape index (κ3) is 20.8.